The number of ether oxygens (including phenoxy) is 1. The van der Waals surface area contributed by atoms with Crippen LogP contribution in [-0.4, -0.2) is 28.9 Å². The molecule has 18 heavy (non-hydrogen) atoms. The van der Waals surface area contributed by atoms with E-state index in [2.05, 4.69) is 6.58 Å². The second-order valence-corrected chi connectivity index (χ2v) is 4.42. The lowest BCUT2D eigenvalue weighted by molar-refractivity contribution is -0.162. The largest absolute Gasteiger partial charge is 0.438 e. The molecule has 1 fully saturated rings. The van der Waals surface area contributed by atoms with E-state index in [4.69, 9.17) is 4.74 Å². The first-order valence-corrected chi connectivity index (χ1v) is 5.93. The van der Waals surface area contributed by atoms with Crippen LogP contribution in [0.4, 0.5) is 0 Å². The molecule has 3 atom stereocenters. The summed E-state index contributed by atoms with van der Waals surface area (Å²) < 4.78 is 4.93. The predicted molar refractivity (Wildman–Crippen MR) is 63.0 cm³/mol. The highest BCUT2D eigenvalue weighted by molar-refractivity contribution is 6.06. The number of fused-ring (bicyclic) bond motifs is 1. The minimum absolute atomic E-state index is 0.251. The van der Waals surface area contributed by atoms with Gasteiger partial charge in [0.25, 0.3) is 0 Å². The van der Waals surface area contributed by atoms with E-state index in [1.165, 1.54) is 6.92 Å². The van der Waals surface area contributed by atoms with Gasteiger partial charge in [-0.25, -0.2) is 9.69 Å². The second-order valence-electron chi connectivity index (χ2n) is 4.42. The number of nitrogens with zero attached hydrogens (tertiary/aromatic N) is 1. The fraction of sp³-hybridized carbons (Fsp3) is 0.462. The van der Waals surface area contributed by atoms with Crippen molar-refractivity contribution in [2.75, 3.05) is 0 Å². The molecular weight excluding hydrogens is 234 g/mol. The molecule has 2 amide bonds. The van der Waals surface area contributed by atoms with Gasteiger partial charge in [0.15, 0.2) is 6.23 Å². The molecule has 1 heterocycles. The maximum absolute atomic E-state index is 12.1. The van der Waals surface area contributed by atoms with Crippen LogP contribution in [0.25, 0.3) is 0 Å². The summed E-state index contributed by atoms with van der Waals surface area (Å²) in [5, 5.41) is 0. The van der Waals surface area contributed by atoms with Crippen molar-refractivity contribution in [1.82, 2.24) is 4.90 Å². The van der Waals surface area contributed by atoms with Gasteiger partial charge in [-0.3, -0.25) is 9.59 Å². The number of imide groups is 1. The normalized spacial score (nSPS) is 27.9. The van der Waals surface area contributed by atoms with Crippen molar-refractivity contribution in [3.8, 4) is 0 Å². The number of amides is 2. The zero-order valence-electron chi connectivity index (χ0n) is 10.2. The Balaban J connectivity index is 2.16. The van der Waals surface area contributed by atoms with Crippen molar-refractivity contribution in [3.63, 3.8) is 0 Å². The Kier molecular flexibility index (Phi) is 3.32. The van der Waals surface area contributed by atoms with Gasteiger partial charge in [-0.15, -0.1) is 0 Å². The van der Waals surface area contributed by atoms with Gasteiger partial charge in [0.05, 0.1) is 11.8 Å². The van der Waals surface area contributed by atoms with Crippen LogP contribution in [0, 0.1) is 11.8 Å². The summed E-state index contributed by atoms with van der Waals surface area (Å²) in [5.74, 6) is -1.87. The van der Waals surface area contributed by atoms with Crippen LogP contribution < -0.4 is 0 Å². The van der Waals surface area contributed by atoms with Gasteiger partial charge in [0.1, 0.15) is 0 Å². The van der Waals surface area contributed by atoms with Crippen LogP contribution in [0.15, 0.2) is 24.8 Å². The highest BCUT2D eigenvalue weighted by Gasteiger charge is 2.49. The third kappa shape index (κ3) is 1.96. The number of carbonyl (C=O) groups excluding carboxylic acids is 3. The van der Waals surface area contributed by atoms with Crippen LogP contribution >= 0.6 is 0 Å². The van der Waals surface area contributed by atoms with E-state index in [1.807, 2.05) is 6.08 Å². The molecule has 2 rings (SSSR count). The number of esters is 1. The highest BCUT2D eigenvalue weighted by atomic mass is 16.6. The standard InChI is InChI=1S/C13H15NO4/c1-3-11(15)18-8(2)14-12(16)9-6-4-5-7-10(9)13(14)17/h3-4,6,8-10H,1,5,7H2,2H3. The minimum atomic E-state index is -0.880. The van der Waals surface area contributed by atoms with Crippen LogP contribution in [0.2, 0.25) is 0 Å². The number of hydrogen-bond donors (Lipinski definition) is 0. The van der Waals surface area contributed by atoms with Gasteiger partial charge < -0.3 is 4.74 Å². The summed E-state index contributed by atoms with van der Waals surface area (Å²) in [6, 6.07) is 0. The number of rotatable bonds is 3. The summed E-state index contributed by atoms with van der Waals surface area (Å²) in [5.41, 5.74) is 0. The number of allylic oxidation sites excluding steroid dienone is 1. The van der Waals surface area contributed by atoms with E-state index in [1.54, 1.807) is 6.08 Å². The van der Waals surface area contributed by atoms with E-state index < -0.39 is 18.1 Å². The highest BCUT2D eigenvalue weighted by Crippen LogP contribution is 2.35. The van der Waals surface area contributed by atoms with Crippen LogP contribution in [0.3, 0.4) is 0 Å². The molecule has 5 nitrogen and oxygen atoms in total. The lowest BCUT2D eigenvalue weighted by Gasteiger charge is -2.22. The van der Waals surface area contributed by atoms with Gasteiger partial charge in [-0.2, -0.15) is 0 Å². The second kappa shape index (κ2) is 4.76. The lowest BCUT2D eigenvalue weighted by atomic mass is 9.86. The Hall–Kier alpha value is -1.91. The molecule has 96 valence electrons. The van der Waals surface area contributed by atoms with Gasteiger partial charge in [0.2, 0.25) is 11.8 Å². The quantitative estimate of drug-likeness (QED) is 0.324. The van der Waals surface area contributed by atoms with Gasteiger partial charge in [-0.1, -0.05) is 18.7 Å². The number of carbonyl (C=O) groups is 3. The fourth-order valence-electron chi connectivity index (χ4n) is 2.44. The summed E-state index contributed by atoms with van der Waals surface area (Å²) in [7, 11) is 0. The first-order chi connectivity index (χ1) is 8.56. The molecule has 5 heteroatoms. The first kappa shape index (κ1) is 12.5. The SMILES string of the molecule is C=CC(=O)OC(C)N1C(=O)C2C=CCCC2C1=O. The summed E-state index contributed by atoms with van der Waals surface area (Å²) >= 11 is 0. The monoisotopic (exact) mass is 249 g/mol. The summed E-state index contributed by atoms with van der Waals surface area (Å²) in [6.45, 7) is 4.79. The number of likely N-dealkylation sites (tertiary alicyclic amines) is 1. The zero-order valence-corrected chi connectivity index (χ0v) is 10.2. The number of hydrogen-bond acceptors (Lipinski definition) is 4. The lowest BCUT2D eigenvalue weighted by Crippen LogP contribution is -2.41. The summed E-state index contributed by atoms with van der Waals surface area (Å²) in [4.78, 5) is 36.4. The van der Waals surface area contributed by atoms with Crippen LogP contribution in [0.5, 0.6) is 0 Å². The predicted octanol–water partition coefficient (Wildman–Crippen LogP) is 1.01. The van der Waals surface area contributed by atoms with Crippen molar-refractivity contribution in [1.29, 1.82) is 0 Å². The van der Waals surface area contributed by atoms with E-state index in [0.29, 0.717) is 6.42 Å². The molecule has 2 aliphatic rings. The maximum Gasteiger partial charge on any atom is 0.332 e. The van der Waals surface area contributed by atoms with Crippen molar-refractivity contribution >= 4 is 17.8 Å². The van der Waals surface area contributed by atoms with E-state index in [0.717, 1.165) is 17.4 Å². The first-order valence-electron chi connectivity index (χ1n) is 5.93. The van der Waals surface area contributed by atoms with Crippen molar-refractivity contribution < 1.29 is 19.1 Å². The Morgan fingerprint density at radius 2 is 2.28 bits per heavy atom. The average molecular weight is 249 g/mol. The Morgan fingerprint density at radius 1 is 1.56 bits per heavy atom. The molecule has 1 aliphatic carbocycles. The van der Waals surface area contributed by atoms with E-state index in [-0.39, 0.29) is 17.7 Å². The van der Waals surface area contributed by atoms with E-state index >= 15 is 0 Å². The minimum Gasteiger partial charge on any atom is -0.438 e. The Morgan fingerprint density at radius 3 is 2.89 bits per heavy atom. The molecule has 0 radical (unpaired) electrons. The molecular formula is C13H15NO4. The topological polar surface area (TPSA) is 63.7 Å². The molecule has 0 saturated carbocycles. The molecule has 3 unspecified atom stereocenters. The maximum atomic E-state index is 12.1. The fourth-order valence-corrected chi connectivity index (χ4v) is 2.44. The molecule has 0 aromatic carbocycles. The third-order valence-electron chi connectivity index (χ3n) is 3.32. The van der Waals surface area contributed by atoms with Crippen molar-refractivity contribution in [2.45, 2.75) is 26.0 Å². The van der Waals surface area contributed by atoms with Crippen LogP contribution in [-0.2, 0) is 19.1 Å². The van der Waals surface area contributed by atoms with E-state index in [9.17, 15) is 14.4 Å². The molecule has 0 bridgehead atoms. The molecule has 0 N–H and O–H groups in total. The molecule has 0 aromatic heterocycles. The van der Waals surface area contributed by atoms with Crippen molar-refractivity contribution in [3.05, 3.63) is 24.8 Å². The average Bonchev–Trinajstić information content (AvgIpc) is 2.62. The van der Waals surface area contributed by atoms with Gasteiger partial charge >= 0.3 is 5.97 Å². The third-order valence-corrected chi connectivity index (χ3v) is 3.32. The smallest absolute Gasteiger partial charge is 0.332 e. The zero-order chi connectivity index (χ0) is 13.3. The molecule has 1 aliphatic heterocycles. The molecule has 0 spiro atoms. The van der Waals surface area contributed by atoms with Gasteiger partial charge in [0, 0.05) is 6.08 Å². The van der Waals surface area contributed by atoms with Crippen LogP contribution in [0.1, 0.15) is 19.8 Å². The van der Waals surface area contributed by atoms with Gasteiger partial charge in [-0.05, 0) is 19.8 Å². The molecule has 1 saturated heterocycles. The van der Waals surface area contributed by atoms with Crippen molar-refractivity contribution in [2.24, 2.45) is 11.8 Å². The molecule has 0 aromatic rings. The summed E-state index contributed by atoms with van der Waals surface area (Å²) in [6.07, 6.45) is 5.29. The Labute approximate surface area is 105 Å². The Bertz CT molecular complexity index is 440.